The molecule has 2 amide bonds. The van der Waals surface area contributed by atoms with Gasteiger partial charge in [-0.05, 0) is 29.8 Å². The average molecular weight is 338 g/mol. The summed E-state index contributed by atoms with van der Waals surface area (Å²) < 4.78 is 0. The molecule has 0 saturated carbocycles. The number of carbonyl (C=O) groups is 2. The molecule has 0 bridgehead atoms. The molecular weight excluding hydrogens is 320 g/mol. The molecule has 5 nitrogen and oxygen atoms in total. The second kappa shape index (κ2) is 7.53. The fourth-order valence-electron chi connectivity index (χ4n) is 1.82. The van der Waals surface area contributed by atoms with Crippen molar-refractivity contribution in [1.82, 2.24) is 10.6 Å². The predicted molar refractivity (Wildman–Crippen MR) is 88.2 cm³/mol. The van der Waals surface area contributed by atoms with E-state index in [0.717, 1.165) is 4.88 Å². The minimum Gasteiger partial charge on any atom is -0.383 e. The zero-order valence-corrected chi connectivity index (χ0v) is 13.8. The Kier molecular flexibility index (Phi) is 5.70. The van der Waals surface area contributed by atoms with Gasteiger partial charge < -0.3 is 15.7 Å². The van der Waals surface area contributed by atoms with Gasteiger partial charge in [-0.1, -0.05) is 6.07 Å². The Labute approximate surface area is 137 Å². The zero-order valence-electron chi connectivity index (χ0n) is 12.2. The van der Waals surface area contributed by atoms with Crippen LogP contribution in [0.5, 0.6) is 0 Å². The van der Waals surface area contributed by atoms with E-state index >= 15 is 0 Å². The fraction of sp³-hybridized carbons (Fsp3) is 0.333. The topological polar surface area (TPSA) is 78.4 Å². The van der Waals surface area contributed by atoms with Crippen molar-refractivity contribution in [1.29, 1.82) is 0 Å². The lowest BCUT2D eigenvalue weighted by molar-refractivity contribution is -0.122. The maximum atomic E-state index is 11.8. The average Bonchev–Trinajstić information content (AvgIpc) is 3.17. The Hall–Kier alpha value is -1.70. The van der Waals surface area contributed by atoms with Crippen molar-refractivity contribution in [3.8, 4) is 0 Å². The lowest BCUT2D eigenvalue weighted by atomic mass is 10.1. The molecule has 2 heterocycles. The molecule has 1 atom stereocenters. The summed E-state index contributed by atoms with van der Waals surface area (Å²) in [6, 6.07) is 5.42. The van der Waals surface area contributed by atoms with E-state index in [9.17, 15) is 14.7 Å². The molecular formula is C15H18N2O3S2. The highest BCUT2D eigenvalue weighted by Gasteiger charge is 2.24. The monoisotopic (exact) mass is 338 g/mol. The minimum absolute atomic E-state index is 0.144. The fourth-order valence-corrected chi connectivity index (χ4v) is 3.24. The van der Waals surface area contributed by atoms with Crippen molar-refractivity contribution in [3.63, 3.8) is 0 Å². The molecule has 0 aliphatic rings. The van der Waals surface area contributed by atoms with E-state index in [-0.39, 0.29) is 31.3 Å². The van der Waals surface area contributed by atoms with Gasteiger partial charge >= 0.3 is 0 Å². The standard InChI is InChI=1S/C15H18N2O3S2/c1-15(20,12-3-2-7-22-12)10-17-13(18)4-6-16-14(19)11-5-8-21-9-11/h2-3,5,7-9,20H,4,6,10H2,1H3,(H,16,19)(H,17,18). The van der Waals surface area contributed by atoms with E-state index in [2.05, 4.69) is 10.6 Å². The van der Waals surface area contributed by atoms with Gasteiger partial charge in [-0.3, -0.25) is 9.59 Å². The smallest absolute Gasteiger partial charge is 0.252 e. The second-order valence-electron chi connectivity index (χ2n) is 5.05. The first-order chi connectivity index (χ1) is 10.5. The number of amides is 2. The Morgan fingerprint density at radius 1 is 1.27 bits per heavy atom. The van der Waals surface area contributed by atoms with Gasteiger partial charge in [0.05, 0.1) is 6.54 Å². The van der Waals surface area contributed by atoms with Crippen molar-refractivity contribution in [3.05, 3.63) is 44.8 Å². The third-order valence-corrected chi connectivity index (χ3v) is 4.91. The summed E-state index contributed by atoms with van der Waals surface area (Å²) in [7, 11) is 0. The number of nitrogens with one attached hydrogen (secondary N) is 2. The van der Waals surface area contributed by atoms with Crippen LogP contribution in [0.25, 0.3) is 0 Å². The Morgan fingerprint density at radius 3 is 2.73 bits per heavy atom. The molecule has 0 saturated heterocycles. The highest BCUT2D eigenvalue weighted by molar-refractivity contribution is 7.10. The molecule has 0 fully saturated rings. The van der Waals surface area contributed by atoms with Crippen LogP contribution in [0.2, 0.25) is 0 Å². The molecule has 2 rings (SSSR count). The summed E-state index contributed by atoms with van der Waals surface area (Å²) in [5.41, 5.74) is -0.477. The van der Waals surface area contributed by atoms with Crippen LogP contribution in [0.4, 0.5) is 0 Å². The summed E-state index contributed by atoms with van der Waals surface area (Å²) in [5, 5.41) is 21.1. The molecule has 118 valence electrons. The van der Waals surface area contributed by atoms with E-state index in [1.165, 1.54) is 22.7 Å². The molecule has 1 unspecified atom stereocenters. The van der Waals surface area contributed by atoms with E-state index < -0.39 is 5.60 Å². The molecule has 7 heteroatoms. The Bertz CT molecular complexity index is 607. The summed E-state index contributed by atoms with van der Waals surface area (Å²) in [6.45, 7) is 2.07. The van der Waals surface area contributed by atoms with Crippen molar-refractivity contribution < 1.29 is 14.7 Å². The van der Waals surface area contributed by atoms with E-state index in [1.807, 2.05) is 22.9 Å². The molecule has 0 radical (unpaired) electrons. The molecule has 0 spiro atoms. The SMILES string of the molecule is CC(O)(CNC(=O)CCNC(=O)c1ccsc1)c1cccs1. The van der Waals surface area contributed by atoms with Crippen molar-refractivity contribution in [2.24, 2.45) is 0 Å². The Balaban J connectivity index is 1.69. The van der Waals surface area contributed by atoms with Gasteiger partial charge in [0.2, 0.25) is 5.91 Å². The van der Waals surface area contributed by atoms with Gasteiger partial charge in [-0.2, -0.15) is 11.3 Å². The number of thiophene rings is 2. The molecule has 2 aromatic rings. The lowest BCUT2D eigenvalue weighted by Crippen LogP contribution is -2.39. The number of hydrogen-bond donors (Lipinski definition) is 3. The van der Waals surface area contributed by atoms with Gasteiger partial charge in [0.1, 0.15) is 5.60 Å². The highest BCUT2D eigenvalue weighted by atomic mass is 32.1. The van der Waals surface area contributed by atoms with Crippen molar-refractivity contribution in [2.75, 3.05) is 13.1 Å². The van der Waals surface area contributed by atoms with Crippen LogP contribution < -0.4 is 10.6 Å². The molecule has 3 N–H and O–H groups in total. The third kappa shape index (κ3) is 4.66. The number of rotatable bonds is 7. The first-order valence-corrected chi connectivity index (χ1v) is 8.65. The van der Waals surface area contributed by atoms with Crippen LogP contribution in [0, 0.1) is 0 Å². The number of carbonyl (C=O) groups excluding carboxylic acids is 2. The lowest BCUT2D eigenvalue weighted by Gasteiger charge is -2.22. The third-order valence-electron chi connectivity index (χ3n) is 3.10. The minimum atomic E-state index is -1.08. The van der Waals surface area contributed by atoms with Crippen LogP contribution in [0.1, 0.15) is 28.6 Å². The van der Waals surface area contributed by atoms with Crippen LogP contribution in [-0.4, -0.2) is 30.0 Å². The first kappa shape index (κ1) is 16.7. The van der Waals surface area contributed by atoms with Gasteiger partial charge in [0, 0.05) is 28.8 Å². The largest absolute Gasteiger partial charge is 0.383 e. The Morgan fingerprint density at radius 2 is 2.09 bits per heavy atom. The van der Waals surface area contributed by atoms with Crippen molar-refractivity contribution in [2.45, 2.75) is 18.9 Å². The number of aliphatic hydroxyl groups is 1. The first-order valence-electron chi connectivity index (χ1n) is 6.82. The summed E-state index contributed by atoms with van der Waals surface area (Å²) >= 11 is 2.89. The van der Waals surface area contributed by atoms with Crippen molar-refractivity contribution >= 4 is 34.5 Å². The van der Waals surface area contributed by atoms with Crippen LogP contribution >= 0.6 is 22.7 Å². The van der Waals surface area contributed by atoms with Gasteiger partial charge in [-0.25, -0.2) is 0 Å². The van der Waals surface area contributed by atoms with Crippen LogP contribution in [0.15, 0.2) is 34.3 Å². The van der Waals surface area contributed by atoms with Gasteiger partial charge in [0.25, 0.3) is 5.91 Å². The van der Waals surface area contributed by atoms with Crippen LogP contribution in [0.3, 0.4) is 0 Å². The predicted octanol–water partition coefficient (Wildman–Crippen LogP) is 1.95. The summed E-state index contributed by atoms with van der Waals surface area (Å²) in [5.74, 6) is -0.387. The molecule has 2 aromatic heterocycles. The van der Waals surface area contributed by atoms with Gasteiger partial charge in [0.15, 0.2) is 0 Å². The maximum Gasteiger partial charge on any atom is 0.252 e. The molecule has 0 aliphatic heterocycles. The van der Waals surface area contributed by atoms with E-state index in [0.29, 0.717) is 5.56 Å². The molecule has 0 aliphatic carbocycles. The maximum absolute atomic E-state index is 11.8. The highest BCUT2D eigenvalue weighted by Crippen LogP contribution is 2.24. The molecule has 22 heavy (non-hydrogen) atoms. The normalized spacial score (nSPS) is 13.4. The summed E-state index contributed by atoms with van der Waals surface area (Å²) in [4.78, 5) is 24.2. The molecule has 0 aromatic carbocycles. The zero-order chi connectivity index (χ0) is 16.0. The van der Waals surface area contributed by atoms with E-state index in [1.54, 1.807) is 18.4 Å². The summed E-state index contributed by atoms with van der Waals surface area (Å²) in [6.07, 6.45) is 0.177. The van der Waals surface area contributed by atoms with E-state index in [4.69, 9.17) is 0 Å². The van der Waals surface area contributed by atoms with Crippen LogP contribution in [-0.2, 0) is 10.4 Å². The second-order valence-corrected chi connectivity index (χ2v) is 6.77. The number of hydrogen-bond acceptors (Lipinski definition) is 5. The quantitative estimate of drug-likeness (QED) is 0.722. The van der Waals surface area contributed by atoms with Gasteiger partial charge in [-0.15, -0.1) is 11.3 Å².